The minimum Gasteiger partial charge on any atom is -0.493 e. The molecular formula is C20H28N2O3. The molecular weight excluding hydrogens is 316 g/mol. The van der Waals surface area contributed by atoms with Crippen LogP contribution in [-0.4, -0.2) is 38.1 Å². The van der Waals surface area contributed by atoms with E-state index in [4.69, 9.17) is 15.2 Å². The molecule has 5 nitrogen and oxygen atoms in total. The maximum Gasteiger partial charge on any atom is 0.223 e. The number of rotatable bonds is 3. The number of hydrogen-bond donors (Lipinski definition) is 1. The second-order valence-electron chi connectivity index (χ2n) is 7.83. The second kappa shape index (κ2) is 5.90. The van der Waals surface area contributed by atoms with Crippen molar-refractivity contribution in [2.24, 2.45) is 23.5 Å². The fourth-order valence-electron chi connectivity index (χ4n) is 5.83. The van der Waals surface area contributed by atoms with Gasteiger partial charge in [0.1, 0.15) is 0 Å². The Morgan fingerprint density at radius 1 is 1.28 bits per heavy atom. The highest BCUT2D eigenvalue weighted by Gasteiger charge is 2.62. The molecule has 4 rings (SSSR count). The van der Waals surface area contributed by atoms with Gasteiger partial charge in [0.05, 0.1) is 19.8 Å². The lowest BCUT2D eigenvalue weighted by molar-refractivity contribution is -0.131. The largest absolute Gasteiger partial charge is 0.493 e. The predicted molar refractivity (Wildman–Crippen MR) is 95.7 cm³/mol. The van der Waals surface area contributed by atoms with E-state index in [1.165, 1.54) is 11.1 Å². The summed E-state index contributed by atoms with van der Waals surface area (Å²) in [4.78, 5) is 15.0. The lowest BCUT2D eigenvalue weighted by Crippen LogP contribution is -2.45. The van der Waals surface area contributed by atoms with Crippen molar-refractivity contribution in [1.82, 2.24) is 4.90 Å². The van der Waals surface area contributed by atoms with Gasteiger partial charge in [-0.25, -0.2) is 0 Å². The van der Waals surface area contributed by atoms with Crippen molar-refractivity contribution in [2.45, 2.75) is 38.1 Å². The second-order valence-corrected chi connectivity index (χ2v) is 7.83. The number of carbonyl (C=O) groups is 1. The Balaban J connectivity index is 1.94. The minimum absolute atomic E-state index is 0.216. The molecule has 2 fully saturated rings. The Hall–Kier alpha value is -1.75. The standard InChI is InChI=1S/C20H28N2O3/c1-12-10-20-15-8-18(25-3)17(24-2)7-13(15)5-4-6-22(20)19(23)9-16(20)14(12)11-21/h7-8,12,14,16H,4-6,9-11,21H2,1-3H3/t12-,14+,16?,20-/m0/s1. The Morgan fingerprint density at radius 3 is 2.68 bits per heavy atom. The van der Waals surface area contributed by atoms with E-state index in [1.807, 2.05) is 0 Å². The van der Waals surface area contributed by atoms with Crippen LogP contribution in [0.4, 0.5) is 0 Å². The molecule has 0 radical (unpaired) electrons. The third kappa shape index (κ3) is 2.14. The molecule has 1 amide bonds. The molecule has 0 bridgehead atoms. The quantitative estimate of drug-likeness (QED) is 0.914. The molecule has 1 aromatic rings. The van der Waals surface area contributed by atoms with Gasteiger partial charge in [0.2, 0.25) is 5.91 Å². The number of benzene rings is 1. The lowest BCUT2D eigenvalue weighted by Gasteiger charge is -2.40. The summed E-state index contributed by atoms with van der Waals surface area (Å²) in [6, 6.07) is 4.25. The highest BCUT2D eigenvalue weighted by atomic mass is 16.5. The normalized spacial score (nSPS) is 33.5. The molecule has 1 saturated carbocycles. The fourth-order valence-corrected chi connectivity index (χ4v) is 5.83. The van der Waals surface area contributed by atoms with Gasteiger partial charge in [-0.15, -0.1) is 0 Å². The lowest BCUT2D eigenvalue weighted by atomic mass is 9.76. The zero-order valence-corrected chi connectivity index (χ0v) is 15.4. The van der Waals surface area contributed by atoms with Gasteiger partial charge >= 0.3 is 0 Å². The zero-order chi connectivity index (χ0) is 17.8. The SMILES string of the molecule is COc1cc2c(cc1OC)[C@@]13C[C@H](C)[C@@H](CN)C1CC(=O)N3CCC2. The molecule has 2 aliphatic heterocycles. The number of nitrogens with zero attached hydrogens (tertiary/aromatic N) is 1. The van der Waals surface area contributed by atoms with Crippen LogP contribution in [0.25, 0.3) is 0 Å². The summed E-state index contributed by atoms with van der Waals surface area (Å²) in [7, 11) is 3.35. The molecule has 1 aliphatic carbocycles. The fraction of sp³-hybridized carbons (Fsp3) is 0.650. The molecule has 1 saturated heterocycles. The van der Waals surface area contributed by atoms with E-state index in [0.717, 1.165) is 37.3 Å². The van der Waals surface area contributed by atoms with Crippen LogP contribution in [0, 0.1) is 17.8 Å². The number of nitrogens with two attached hydrogens (primary N) is 1. The minimum atomic E-state index is -0.216. The maximum absolute atomic E-state index is 12.9. The summed E-state index contributed by atoms with van der Waals surface area (Å²) in [5, 5.41) is 0. The van der Waals surface area contributed by atoms with E-state index < -0.39 is 0 Å². The molecule has 1 aromatic carbocycles. The number of aryl methyl sites for hydroxylation is 1. The number of methoxy groups -OCH3 is 2. The summed E-state index contributed by atoms with van der Waals surface area (Å²) >= 11 is 0. The van der Waals surface area contributed by atoms with E-state index in [2.05, 4.69) is 24.0 Å². The third-order valence-electron chi connectivity index (χ3n) is 6.85. The van der Waals surface area contributed by atoms with Gasteiger partial charge in [-0.05, 0) is 66.8 Å². The Morgan fingerprint density at radius 2 is 2.00 bits per heavy atom. The predicted octanol–water partition coefficient (Wildman–Crippen LogP) is 2.31. The van der Waals surface area contributed by atoms with Crippen molar-refractivity contribution in [3.8, 4) is 11.5 Å². The number of amides is 1. The summed E-state index contributed by atoms with van der Waals surface area (Å²) < 4.78 is 11.1. The average Bonchev–Trinajstić information content (AvgIpc) is 2.96. The third-order valence-corrected chi connectivity index (χ3v) is 6.85. The first-order valence-electron chi connectivity index (χ1n) is 9.32. The molecule has 1 spiro atoms. The molecule has 2 N–H and O–H groups in total. The van der Waals surface area contributed by atoms with Crippen molar-refractivity contribution >= 4 is 5.91 Å². The van der Waals surface area contributed by atoms with Crippen molar-refractivity contribution < 1.29 is 14.3 Å². The molecule has 2 heterocycles. The van der Waals surface area contributed by atoms with E-state index in [1.54, 1.807) is 14.2 Å². The monoisotopic (exact) mass is 344 g/mol. The smallest absolute Gasteiger partial charge is 0.223 e. The van der Waals surface area contributed by atoms with Crippen LogP contribution in [0.5, 0.6) is 11.5 Å². The molecule has 0 aromatic heterocycles. The van der Waals surface area contributed by atoms with E-state index in [-0.39, 0.29) is 11.4 Å². The van der Waals surface area contributed by atoms with Gasteiger partial charge in [0.25, 0.3) is 0 Å². The van der Waals surface area contributed by atoms with Gasteiger partial charge in [-0.2, -0.15) is 0 Å². The van der Waals surface area contributed by atoms with Crippen LogP contribution < -0.4 is 15.2 Å². The van der Waals surface area contributed by atoms with Gasteiger partial charge in [-0.1, -0.05) is 6.92 Å². The van der Waals surface area contributed by atoms with Crippen molar-refractivity contribution in [1.29, 1.82) is 0 Å². The number of fused-ring (bicyclic) bond motifs is 1. The summed E-state index contributed by atoms with van der Waals surface area (Å²) in [5.41, 5.74) is 8.48. The average molecular weight is 344 g/mol. The van der Waals surface area contributed by atoms with Crippen molar-refractivity contribution in [3.63, 3.8) is 0 Å². The van der Waals surface area contributed by atoms with Gasteiger partial charge < -0.3 is 20.1 Å². The van der Waals surface area contributed by atoms with Crippen LogP contribution in [0.1, 0.15) is 37.3 Å². The zero-order valence-electron chi connectivity index (χ0n) is 15.4. The first kappa shape index (κ1) is 16.7. The molecule has 136 valence electrons. The highest BCUT2D eigenvalue weighted by molar-refractivity contribution is 5.82. The topological polar surface area (TPSA) is 64.8 Å². The Kier molecular flexibility index (Phi) is 3.95. The molecule has 25 heavy (non-hydrogen) atoms. The Labute approximate surface area is 149 Å². The summed E-state index contributed by atoms with van der Waals surface area (Å²) in [6.07, 6.45) is 3.58. The maximum atomic E-state index is 12.9. The van der Waals surface area contributed by atoms with Gasteiger partial charge in [-0.3, -0.25) is 4.79 Å². The molecule has 3 aliphatic rings. The van der Waals surface area contributed by atoms with Crippen LogP contribution >= 0.6 is 0 Å². The van der Waals surface area contributed by atoms with Crippen molar-refractivity contribution in [3.05, 3.63) is 23.3 Å². The highest BCUT2D eigenvalue weighted by Crippen LogP contribution is 2.60. The Bertz CT molecular complexity index is 704. The molecule has 1 unspecified atom stereocenters. The van der Waals surface area contributed by atoms with E-state index >= 15 is 0 Å². The van der Waals surface area contributed by atoms with E-state index in [9.17, 15) is 4.79 Å². The van der Waals surface area contributed by atoms with Crippen LogP contribution in [-0.2, 0) is 16.8 Å². The van der Waals surface area contributed by atoms with Crippen LogP contribution in [0.3, 0.4) is 0 Å². The number of carbonyl (C=O) groups excluding carboxylic acids is 1. The first-order chi connectivity index (χ1) is 12.1. The molecule has 4 atom stereocenters. The summed E-state index contributed by atoms with van der Waals surface area (Å²) in [5.74, 6) is 3.03. The van der Waals surface area contributed by atoms with Crippen molar-refractivity contribution in [2.75, 3.05) is 27.3 Å². The number of hydrogen-bond acceptors (Lipinski definition) is 4. The first-order valence-corrected chi connectivity index (χ1v) is 9.32. The van der Waals surface area contributed by atoms with Crippen LogP contribution in [0.15, 0.2) is 12.1 Å². The number of ether oxygens (including phenoxy) is 2. The molecule has 5 heteroatoms. The summed E-state index contributed by atoms with van der Waals surface area (Å²) in [6.45, 7) is 3.77. The van der Waals surface area contributed by atoms with Gasteiger partial charge in [0.15, 0.2) is 11.5 Å². The van der Waals surface area contributed by atoms with Crippen LogP contribution in [0.2, 0.25) is 0 Å². The van der Waals surface area contributed by atoms with E-state index in [0.29, 0.717) is 30.7 Å². The van der Waals surface area contributed by atoms with Gasteiger partial charge in [0, 0.05) is 13.0 Å².